The molecule has 0 aliphatic carbocycles. The summed E-state index contributed by atoms with van der Waals surface area (Å²) >= 11 is 0. The van der Waals surface area contributed by atoms with E-state index < -0.39 is 155 Å². The molecule has 0 unspecified atom stereocenters. The van der Waals surface area contributed by atoms with E-state index in [-0.39, 0.29) is 49.3 Å². The summed E-state index contributed by atoms with van der Waals surface area (Å²) in [5.41, 5.74) is -2.95. The minimum atomic E-state index is -0.866. The van der Waals surface area contributed by atoms with E-state index >= 15 is 0 Å². The van der Waals surface area contributed by atoms with Crippen molar-refractivity contribution >= 4 is 65.7 Å². The highest BCUT2D eigenvalue weighted by Gasteiger charge is 2.23. The second-order valence-electron chi connectivity index (χ2n) is 9.94. The number of aromatic nitrogens is 4. The molecule has 10 aromatic rings. The topological polar surface area (TPSA) is 48.8 Å². The van der Waals surface area contributed by atoms with Gasteiger partial charge in [-0.25, -0.2) is 9.97 Å². The Balaban J connectivity index is 1.49. The van der Waals surface area contributed by atoms with Crippen LogP contribution in [-0.4, -0.2) is 19.1 Å². The highest BCUT2D eigenvalue weighted by molar-refractivity contribution is 6.12. The zero-order valence-electron chi connectivity index (χ0n) is 42.5. The average molecular weight is 597 g/mol. The van der Waals surface area contributed by atoms with Gasteiger partial charge in [0.1, 0.15) is 11.1 Å². The van der Waals surface area contributed by atoms with Gasteiger partial charge in [-0.3, -0.25) is 4.57 Å². The number of hydrogen-bond donors (Lipinski definition) is 0. The van der Waals surface area contributed by atoms with Crippen LogP contribution in [0.4, 0.5) is 0 Å². The number of fused-ring (bicyclic) bond motifs is 9. The summed E-state index contributed by atoms with van der Waals surface area (Å²) in [6.07, 6.45) is 0. The summed E-state index contributed by atoms with van der Waals surface area (Å²) in [5.74, 6) is -0.991. The molecule has 45 heavy (non-hydrogen) atoms. The van der Waals surface area contributed by atoms with Crippen LogP contribution in [0.3, 0.4) is 0 Å². The molecule has 10 rings (SSSR count). The van der Waals surface area contributed by atoms with Crippen molar-refractivity contribution in [3.8, 4) is 22.9 Å². The first-order valence-electron chi connectivity index (χ1n) is 23.5. The lowest BCUT2D eigenvalue weighted by Gasteiger charge is -2.14. The summed E-state index contributed by atoms with van der Waals surface area (Å²) < 4.78 is 186. The van der Waals surface area contributed by atoms with E-state index in [0.29, 0.717) is 5.39 Å². The lowest BCUT2D eigenvalue weighted by Crippen LogP contribution is -2.04. The van der Waals surface area contributed by atoms with Crippen molar-refractivity contribution in [1.82, 2.24) is 19.1 Å². The van der Waals surface area contributed by atoms with Crippen LogP contribution in [0.1, 0.15) is 27.4 Å². The molecular formula is C40H24N4O. The molecule has 0 saturated heterocycles. The first-order valence-corrected chi connectivity index (χ1v) is 13.5. The van der Waals surface area contributed by atoms with Gasteiger partial charge in [0.05, 0.1) is 55.2 Å². The fraction of sp³-hybridized carbons (Fsp3) is 0. The SMILES string of the molecule is [2H]c1c([2H])c([2H])c(-n2c3c([2H])c([2H])c([2H])c([2H])c3c3c([2H])c([2H])c([2H])c([2H])c32)c(-c2nc(-n3c4c([2H])c([2H])c([2H])c([2H])c4c4c([2H])c([2H])c([2H])c([2H])c43)c3oc4ccccc4c3n2)c1[2H]. The monoisotopic (exact) mass is 596 g/mol. The molecule has 4 heterocycles. The Hall–Kier alpha value is -6.20. The standard InChI is InChI=1S/C40H24N4O/c1-7-19-31-25(13-1)26-14-2-8-20-32(26)43(31)35-23-11-5-17-29(35)39-41-37-30-18-6-12-24-36(30)45-38(37)40(42-39)44-33-21-9-3-15-27(33)28-16-4-10-22-34(28)44/h1-24H/i1D,2D,3D,4D,5D,7D,8D,9D,10D,11D,13D,14D,15D,16D,17D,19D,20D,21D,22D,23D. The Morgan fingerprint density at radius 3 is 1.64 bits per heavy atom. The molecule has 0 fully saturated rings. The summed E-state index contributed by atoms with van der Waals surface area (Å²) in [6.45, 7) is 0. The minimum Gasteiger partial charge on any atom is -0.450 e. The van der Waals surface area contributed by atoms with E-state index in [9.17, 15) is 2.74 Å². The Morgan fingerprint density at radius 1 is 0.511 bits per heavy atom. The number of nitrogens with zero attached hydrogens (tertiary/aromatic N) is 4. The van der Waals surface area contributed by atoms with Crippen molar-refractivity contribution < 1.29 is 31.8 Å². The molecule has 0 aliphatic heterocycles. The predicted octanol–water partition coefficient (Wildman–Crippen LogP) is 10.2. The summed E-state index contributed by atoms with van der Waals surface area (Å²) in [6, 6.07) is -8.60. The maximum Gasteiger partial charge on any atom is 0.197 e. The highest BCUT2D eigenvalue weighted by Crippen LogP contribution is 2.40. The fourth-order valence-corrected chi connectivity index (χ4v) is 5.75. The molecule has 6 aromatic carbocycles. The molecule has 0 spiro atoms. The first-order chi connectivity index (χ1) is 30.6. The van der Waals surface area contributed by atoms with Gasteiger partial charge >= 0.3 is 0 Å². The van der Waals surface area contributed by atoms with Crippen LogP contribution in [-0.2, 0) is 0 Å². The third-order valence-electron chi connectivity index (χ3n) is 7.59. The zero-order chi connectivity index (χ0) is 46.9. The van der Waals surface area contributed by atoms with E-state index in [1.807, 2.05) is 0 Å². The van der Waals surface area contributed by atoms with Gasteiger partial charge in [-0.05, 0) is 48.4 Å². The Morgan fingerprint density at radius 2 is 1.02 bits per heavy atom. The van der Waals surface area contributed by atoms with Crippen LogP contribution in [0.2, 0.25) is 0 Å². The molecular weight excluding hydrogens is 552 g/mol. The quantitative estimate of drug-likeness (QED) is 0.204. The van der Waals surface area contributed by atoms with Gasteiger partial charge < -0.3 is 8.98 Å². The van der Waals surface area contributed by atoms with Crippen LogP contribution in [0, 0.1) is 0 Å². The van der Waals surface area contributed by atoms with E-state index in [2.05, 4.69) is 0 Å². The van der Waals surface area contributed by atoms with Crippen molar-refractivity contribution in [2.75, 3.05) is 0 Å². The molecule has 0 atom stereocenters. The Kier molecular flexibility index (Phi) is 2.45. The first kappa shape index (κ1) is 12.1. The number of para-hydroxylation sites is 6. The normalized spacial score (nSPS) is 18.2. The van der Waals surface area contributed by atoms with E-state index in [1.54, 1.807) is 24.3 Å². The van der Waals surface area contributed by atoms with E-state index in [4.69, 9.17) is 39.1 Å². The fourth-order valence-electron chi connectivity index (χ4n) is 5.75. The van der Waals surface area contributed by atoms with Crippen molar-refractivity contribution in [1.29, 1.82) is 0 Å². The summed E-state index contributed by atoms with van der Waals surface area (Å²) in [7, 11) is 0. The largest absolute Gasteiger partial charge is 0.450 e. The molecule has 0 amide bonds. The summed E-state index contributed by atoms with van der Waals surface area (Å²) in [4.78, 5) is 9.56. The van der Waals surface area contributed by atoms with Crippen molar-refractivity contribution in [3.05, 3.63) is 145 Å². The van der Waals surface area contributed by atoms with Crippen LogP contribution in [0.15, 0.2) is 150 Å². The highest BCUT2D eigenvalue weighted by atomic mass is 16.3. The Bertz CT molecular complexity index is 3760. The average Bonchev–Trinajstić information content (AvgIpc) is 3.97. The molecule has 4 aromatic heterocycles. The second-order valence-corrected chi connectivity index (χ2v) is 9.94. The lowest BCUT2D eigenvalue weighted by atomic mass is 10.1. The van der Waals surface area contributed by atoms with E-state index in [1.165, 1.54) is 0 Å². The third kappa shape index (κ3) is 3.38. The van der Waals surface area contributed by atoms with Crippen LogP contribution in [0.25, 0.3) is 88.6 Å². The van der Waals surface area contributed by atoms with Gasteiger partial charge in [0.25, 0.3) is 0 Å². The van der Waals surface area contributed by atoms with Crippen molar-refractivity contribution in [2.45, 2.75) is 0 Å². The van der Waals surface area contributed by atoms with Gasteiger partial charge in [-0.1, -0.05) is 96.7 Å². The third-order valence-corrected chi connectivity index (χ3v) is 7.59. The van der Waals surface area contributed by atoms with Crippen LogP contribution < -0.4 is 0 Å². The number of benzene rings is 6. The molecule has 0 N–H and O–H groups in total. The van der Waals surface area contributed by atoms with Gasteiger partial charge in [0, 0.05) is 32.5 Å². The number of hydrogen-bond acceptors (Lipinski definition) is 3. The minimum absolute atomic E-state index is 0.0540. The maximum absolute atomic E-state index is 9.43. The lowest BCUT2D eigenvalue weighted by molar-refractivity contribution is 0.662. The molecule has 0 aliphatic rings. The molecule has 210 valence electrons. The van der Waals surface area contributed by atoms with Gasteiger partial charge in [0.15, 0.2) is 17.2 Å². The smallest absolute Gasteiger partial charge is 0.197 e. The molecule has 5 nitrogen and oxygen atoms in total. The predicted molar refractivity (Wildman–Crippen MR) is 183 cm³/mol. The van der Waals surface area contributed by atoms with Gasteiger partial charge in [0.2, 0.25) is 0 Å². The van der Waals surface area contributed by atoms with Crippen molar-refractivity contribution in [3.63, 3.8) is 0 Å². The number of rotatable bonds is 3. The maximum atomic E-state index is 9.43. The Labute approximate surface area is 285 Å². The van der Waals surface area contributed by atoms with E-state index in [0.717, 1.165) is 9.13 Å². The second kappa shape index (κ2) is 9.15. The van der Waals surface area contributed by atoms with Gasteiger partial charge in [-0.15, -0.1) is 0 Å². The molecule has 0 saturated carbocycles. The molecule has 5 heteroatoms. The van der Waals surface area contributed by atoms with Crippen LogP contribution >= 0.6 is 0 Å². The molecule has 0 radical (unpaired) electrons. The number of furan rings is 1. The van der Waals surface area contributed by atoms with Gasteiger partial charge in [-0.2, -0.15) is 0 Å². The van der Waals surface area contributed by atoms with Crippen molar-refractivity contribution in [2.24, 2.45) is 0 Å². The molecule has 0 bridgehead atoms. The van der Waals surface area contributed by atoms with Crippen LogP contribution in [0.5, 0.6) is 0 Å². The summed E-state index contributed by atoms with van der Waals surface area (Å²) in [5, 5.41) is -1.10. The zero-order valence-corrected chi connectivity index (χ0v) is 22.5.